The molecular weight excluding hydrogens is 390 g/mol. The fourth-order valence-corrected chi connectivity index (χ4v) is 6.05. The van der Waals surface area contributed by atoms with Crippen LogP contribution in [0.3, 0.4) is 0 Å². The number of carbonyl (C=O) groups excluding carboxylic acids is 1. The molecule has 0 spiro atoms. The fourth-order valence-electron chi connectivity index (χ4n) is 4.94. The van der Waals surface area contributed by atoms with E-state index in [-0.39, 0.29) is 5.91 Å². The zero-order chi connectivity index (χ0) is 21.3. The van der Waals surface area contributed by atoms with Crippen molar-refractivity contribution in [1.82, 2.24) is 14.8 Å². The van der Waals surface area contributed by atoms with Crippen LogP contribution >= 0.6 is 11.3 Å². The van der Waals surface area contributed by atoms with Gasteiger partial charge in [-0.15, -0.1) is 11.3 Å². The molecular formula is C25H35N3OS. The minimum absolute atomic E-state index is 0.173. The van der Waals surface area contributed by atoms with Crippen LogP contribution in [-0.2, 0) is 0 Å². The van der Waals surface area contributed by atoms with Gasteiger partial charge in [-0.05, 0) is 89.2 Å². The molecule has 2 fully saturated rings. The highest BCUT2D eigenvalue weighted by Crippen LogP contribution is 2.33. The highest BCUT2D eigenvalue weighted by molar-refractivity contribution is 7.17. The van der Waals surface area contributed by atoms with Crippen LogP contribution in [0.15, 0.2) is 12.1 Å². The Morgan fingerprint density at radius 1 is 0.900 bits per heavy atom. The number of rotatable bonds is 3. The predicted molar refractivity (Wildman–Crippen MR) is 125 cm³/mol. The van der Waals surface area contributed by atoms with E-state index in [0.717, 1.165) is 47.1 Å². The van der Waals surface area contributed by atoms with Crippen molar-refractivity contribution in [2.75, 3.05) is 26.2 Å². The van der Waals surface area contributed by atoms with E-state index < -0.39 is 0 Å². The molecule has 0 bridgehead atoms. The molecule has 4 nitrogen and oxygen atoms in total. The molecule has 30 heavy (non-hydrogen) atoms. The maximum absolute atomic E-state index is 13.3. The number of aryl methyl sites for hydroxylation is 4. The monoisotopic (exact) mass is 425 g/mol. The van der Waals surface area contributed by atoms with Gasteiger partial charge in [-0.2, -0.15) is 0 Å². The summed E-state index contributed by atoms with van der Waals surface area (Å²) in [6.07, 6.45) is 7.63. The molecule has 0 saturated carbocycles. The highest BCUT2D eigenvalue weighted by atomic mass is 32.1. The van der Waals surface area contributed by atoms with Crippen LogP contribution in [0.1, 0.15) is 70.6 Å². The summed E-state index contributed by atoms with van der Waals surface area (Å²) in [5.74, 6) is 0.173. The van der Waals surface area contributed by atoms with Crippen molar-refractivity contribution in [1.29, 1.82) is 0 Å². The highest BCUT2D eigenvalue weighted by Gasteiger charge is 2.29. The first-order valence-corrected chi connectivity index (χ1v) is 12.3. The average molecular weight is 426 g/mol. The average Bonchev–Trinajstić information content (AvgIpc) is 2.94. The quantitative estimate of drug-likeness (QED) is 0.649. The third-order valence-corrected chi connectivity index (χ3v) is 8.15. The van der Waals surface area contributed by atoms with E-state index in [4.69, 9.17) is 4.98 Å². The van der Waals surface area contributed by atoms with Gasteiger partial charge in [0.1, 0.15) is 9.88 Å². The van der Waals surface area contributed by atoms with Crippen molar-refractivity contribution in [3.63, 3.8) is 0 Å². The smallest absolute Gasteiger partial charge is 0.265 e. The lowest BCUT2D eigenvalue weighted by Crippen LogP contribution is -2.47. The van der Waals surface area contributed by atoms with Gasteiger partial charge in [0.05, 0.1) is 5.69 Å². The zero-order valence-electron chi connectivity index (χ0n) is 19.0. The Morgan fingerprint density at radius 2 is 1.53 bits per heavy atom. The molecule has 0 atom stereocenters. The van der Waals surface area contributed by atoms with Crippen LogP contribution in [0.5, 0.6) is 0 Å². The zero-order valence-corrected chi connectivity index (χ0v) is 19.8. The molecule has 1 amide bonds. The van der Waals surface area contributed by atoms with Crippen LogP contribution in [0.4, 0.5) is 0 Å². The van der Waals surface area contributed by atoms with Crippen molar-refractivity contribution in [3.8, 4) is 10.6 Å². The lowest BCUT2D eigenvalue weighted by molar-refractivity contribution is 0.0626. The molecule has 4 rings (SSSR count). The predicted octanol–water partition coefficient (Wildman–Crippen LogP) is 5.52. The molecule has 2 aromatic rings. The first-order valence-electron chi connectivity index (χ1n) is 11.5. The SMILES string of the molecule is Cc1cc(C)c(-c2nc(C)c(C(=O)N3CCC(N4CCCCCC4)CC3)s2)cc1C. The van der Waals surface area contributed by atoms with Crippen LogP contribution in [0.2, 0.25) is 0 Å². The van der Waals surface area contributed by atoms with Crippen LogP contribution in [-0.4, -0.2) is 52.9 Å². The molecule has 162 valence electrons. The number of aromatic nitrogens is 1. The second-order valence-corrected chi connectivity index (χ2v) is 10.2. The van der Waals surface area contributed by atoms with Crippen molar-refractivity contribution in [2.24, 2.45) is 0 Å². The molecule has 1 aromatic carbocycles. The third-order valence-electron chi connectivity index (χ3n) is 6.97. The van der Waals surface area contributed by atoms with Crippen molar-refractivity contribution in [2.45, 2.75) is 72.3 Å². The van der Waals surface area contributed by atoms with Gasteiger partial charge in [0.15, 0.2) is 0 Å². The van der Waals surface area contributed by atoms with Crippen molar-refractivity contribution in [3.05, 3.63) is 39.4 Å². The second kappa shape index (κ2) is 9.19. The Kier molecular flexibility index (Phi) is 6.59. The number of amides is 1. The molecule has 3 heterocycles. The normalized spacial score (nSPS) is 19.1. The summed E-state index contributed by atoms with van der Waals surface area (Å²) in [6.45, 7) is 12.6. The van der Waals surface area contributed by atoms with E-state index in [0.29, 0.717) is 6.04 Å². The maximum atomic E-state index is 13.3. The topological polar surface area (TPSA) is 36.4 Å². The minimum atomic E-state index is 0.173. The fraction of sp³-hybridized carbons (Fsp3) is 0.600. The second-order valence-electron chi connectivity index (χ2n) is 9.16. The maximum Gasteiger partial charge on any atom is 0.265 e. The van der Waals surface area contributed by atoms with Gasteiger partial charge in [0.2, 0.25) is 0 Å². The number of likely N-dealkylation sites (tertiary alicyclic amines) is 2. The first kappa shape index (κ1) is 21.5. The Labute approximate surface area is 185 Å². The van der Waals surface area contributed by atoms with Crippen LogP contribution < -0.4 is 0 Å². The summed E-state index contributed by atoms with van der Waals surface area (Å²) < 4.78 is 0. The largest absolute Gasteiger partial charge is 0.338 e. The van der Waals surface area contributed by atoms with E-state index in [1.54, 1.807) is 11.3 Å². The standard InChI is InChI=1S/C25H35N3OS/c1-17-15-19(3)22(16-18(17)2)24-26-20(4)23(30-24)25(29)28-13-9-21(10-14-28)27-11-7-5-6-8-12-27/h15-16,21H,5-14H2,1-4H3. The molecule has 0 N–H and O–H groups in total. The van der Waals surface area contributed by atoms with Gasteiger partial charge < -0.3 is 9.80 Å². The number of piperidine rings is 1. The lowest BCUT2D eigenvalue weighted by atomic mass is 10.0. The molecule has 2 saturated heterocycles. The molecule has 2 aliphatic heterocycles. The molecule has 2 aliphatic rings. The first-order chi connectivity index (χ1) is 14.4. The number of thiazole rings is 1. The van der Waals surface area contributed by atoms with E-state index in [2.05, 4.69) is 42.7 Å². The van der Waals surface area contributed by atoms with Gasteiger partial charge in [-0.25, -0.2) is 4.98 Å². The van der Waals surface area contributed by atoms with E-state index in [9.17, 15) is 4.79 Å². The number of hydrogen-bond donors (Lipinski definition) is 0. The van der Waals surface area contributed by atoms with Gasteiger partial charge in [-0.1, -0.05) is 18.9 Å². The number of nitrogens with zero attached hydrogens (tertiary/aromatic N) is 3. The summed E-state index contributed by atoms with van der Waals surface area (Å²) in [4.78, 5) is 23.6. The third kappa shape index (κ3) is 4.47. The van der Waals surface area contributed by atoms with Crippen molar-refractivity contribution >= 4 is 17.2 Å². The van der Waals surface area contributed by atoms with Gasteiger partial charge in [-0.3, -0.25) is 4.79 Å². The molecule has 0 aliphatic carbocycles. The summed E-state index contributed by atoms with van der Waals surface area (Å²) in [7, 11) is 0. The molecule has 0 unspecified atom stereocenters. The van der Waals surface area contributed by atoms with Crippen LogP contribution in [0, 0.1) is 27.7 Å². The number of benzene rings is 1. The van der Waals surface area contributed by atoms with Gasteiger partial charge in [0.25, 0.3) is 5.91 Å². The Hall–Kier alpha value is -1.72. The number of carbonyl (C=O) groups is 1. The van der Waals surface area contributed by atoms with E-state index in [1.807, 2.05) is 6.92 Å². The Bertz CT molecular complexity index is 903. The molecule has 5 heteroatoms. The summed E-state index contributed by atoms with van der Waals surface area (Å²) in [5.41, 5.74) is 5.82. The van der Waals surface area contributed by atoms with E-state index >= 15 is 0 Å². The van der Waals surface area contributed by atoms with Crippen LogP contribution in [0.25, 0.3) is 10.6 Å². The number of hydrogen-bond acceptors (Lipinski definition) is 4. The van der Waals surface area contributed by atoms with Gasteiger partial charge in [0, 0.05) is 24.7 Å². The molecule has 0 radical (unpaired) electrons. The van der Waals surface area contributed by atoms with Crippen molar-refractivity contribution < 1.29 is 4.79 Å². The minimum Gasteiger partial charge on any atom is -0.338 e. The van der Waals surface area contributed by atoms with E-state index in [1.165, 1.54) is 55.5 Å². The van der Waals surface area contributed by atoms with Gasteiger partial charge >= 0.3 is 0 Å². The Morgan fingerprint density at radius 3 is 2.20 bits per heavy atom. The lowest BCUT2D eigenvalue weighted by Gasteiger charge is -2.38. The summed E-state index contributed by atoms with van der Waals surface area (Å²) in [6, 6.07) is 5.09. The summed E-state index contributed by atoms with van der Waals surface area (Å²) >= 11 is 1.56. The Balaban J connectivity index is 1.45. The molecule has 1 aromatic heterocycles. The summed E-state index contributed by atoms with van der Waals surface area (Å²) in [5, 5.41) is 0.968.